The molecule has 0 unspecified atom stereocenters. The number of ketones is 2. The molecule has 384 valence electrons. The number of ether oxygens (including phenoxy) is 6. The summed E-state index contributed by atoms with van der Waals surface area (Å²) in [5.41, 5.74) is 0.949. The third-order valence-electron chi connectivity index (χ3n) is 14.2. The Morgan fingerprint density at radius 1 is 0.985 bits per heavy atom. The van der Waals surface area contributed by atoms with Gasteiger partial charge in [0.25, 0.3) is 11.7 Å². The number of hydrogen-bond donors (Lipinski definition) is 3. The molecule has 0 radical (unpaired) electrons. The van der Waals surface area contributed by atoms with Crippen LogP contribution in [0.2, 0.25) is 0 Å². The zero-order valence-electron chi connectivity index (χ0n) is 53.1. The molecule has 4 aliphatic rings. The van der Waals surface area contributed by atoms with E-state index in [1.54, 1.807) is 38.2 Å². The summed E-state index contributed by atoms with van der Waals surface area (Å²) in [4.78, 5) is 59.3. The summed E-state index contributed by atoms with van der Waals surface area (Å²) in [5.74, 6) is -13.0. The first-order chi connectivity index (χ1) is 36.8. The van der Waals surface area contributed by atoms with Crippen molar-refractivity contribution >= 4 is 23.4 Å². The van der Waals surface area contributed by atoms with Crippen molar-refractivity contribution in [2.24, 2.45) is 35.5 Å². The van der Waals surface area contributed by atoms with E-state index in [0.717, 1.165) is 11.0 Å². The summed E-state index contributed by atoms with van der Waals surface area (Å²) in [6.45, 7) is 4.34. The van der Waals surface area contributed by atoms with Gasteiger partial charge in [-0.05, 0) is 118 Å². The zero-order chi connectivity index (χ0) is 60.7. The second-order valence-electron chi connectivity index (χ2n) is 19.3. The fraction of sp³-hybridized carbons (Fsp3) is 0.741. The fourth-order valence-electron chi connectivity index (χ4n) is 9.84. The second kappa shape index (κ2) is 27.3. The highest BCUT2D eigenvalue weighted by Gasteiger charge is 2.53. The number of rotatable bonds is 9. The van der Waals surface area contributed by atoms with E-state index in [1.165, 1.54) is 28.1 Å². The van der Waals surface area contributed by atoms with Crippen LogP contribution < -0.4 is 0 Å². The van der Waals surface area contributed by atoms with Crippen LogP contribution in [0, 0.1) is 35.5 Å². The SMILES string of the molecule is [2H]C([2H])([2H])O[C@H]1C[C@@H]2CC([2H])([2H])[C@@H](C)[C@@](O)(O2)C(=O)C(=O)N2CCCC[C@H]2C(=O)O[C@H]([C@H](C)C[C@@H]2CC[C@@H](OC([2H])([2H])C([2H])([2H])O)[C@H](OC)C2)CC(=O)[C@H](C([2H])([2H])[2H])/C=C(\C)[C@@H](O)[C@@H](OC)C(=C)[C@H](C)C[C@H](C)/C=C/C=C/C=C/1C. The molecule has 68 heavy (non-hydrogen) atoms. The number of esters is 1. The van der Waals surface area contributed by atoms with Crippen LogP contribution in [0.25, 0.3) is 0 Å². The molecule has 14 heteroatoms. The van der Waals surface area contributed by atoms with Crippen molar-refractivity contribution in [3.63, 3.8) is 0 Å². The smallest absolute Gasteiger partial charge is 0.329 e. The van der Waals surface area contributed by atoms with E-state index < -0.39 is 142 Å². The highest BCUT2D eigenvalue weighted by Crippen LogP contribution is 2.38. The van der Waals surface area contributed by atoms with Gasteiger partial charge in [0.05, 0.1) is 47.1 Å². The minimum atomic E-state index is -3.34. The maximum absolute atomic E-state index is 14.7. The maximum atomic E-state index is 14.7. The van der Waals surface area contributed by atoms with E-state index in [-0.39, 0.29) is 68.4 Å². The lowest BCUT2D eigenvalue weighted by molar-refractivity contribution is -0.265. The van der Waals surface area contributed by atoms with Gasteiger partial charge >= 0.3 is 5.97 Å². The Bertz CT molecular complexity index is 2280. The quantitative estimate of drug-likeness (QED) is 0.120. The molecular weight excluding hydrogens is 871 g/mol. The van der Waals surface area contributed by atoms with Crippen LogP contribution in [0.3, 0.4) is 0 Å². The van der Waals surface area contributed by atoms with Gasteiger partial charge in [0.2, 0.25) is 5.79 Å². The molecule has 2 saturated heterocycles. The number of carbonyl (C=O) groups is 4. The van der Waals surface area contributed by atoms with E-state index in [2.05, 4.69) is 6.58 Å². The number of fused-ring (bicyclic) bond motifs is 3. The van der Waals surface area contributed by atoms with E-state index in [1.807, 2.05) is 19.9 Å². The lowest BCUT2D eigenvalue weighted by Gasteiger charge is -2.42. The molecule has 1 saturated carbocycles. The van der Waals surface area contributed by atoms with Gasteiger partial charge in [-0.15, -0.1) is 0 Å². The number of hydrogen-bond acceptors (Lipinski definition) is 13. The first kappa shape index (κ1) is 41.3. The monoisotopic (exact) mass is 968 g/mol. The van der Waals surface area contributed by atoms with Crippen molar-refractivity contribution in [1.29, 1.82) is 0 Å². The number of amides is 1. The number of carbonyl (C=O) groups excluding carboxylic acids is 4. The molecule has 3 heterocycles. The maximum Gasteiger partial charge on any atom is 0.329 e. The number of allylic oxidation sites excluding steroid dienone is 6. The number of Topliss-reactive ketones (excluding diaryl/α,β-unsaturated/α-hetero) is 2. The van der Waals surface area contributed by atoms with E-state index >= 15 is 0 Å². The predicted molar refractivity (Wildman–Crippen MR) is 260 cm³/mol. The third kappa shape index (κ3) is 15.3. The van der Waals surface area contributed by atoms with Crippen LogP contribution in [0.5, 0.6) is 0 Å². The number of cyclic esters (lactones) is 1. The Hall–Kier alpha value is -3.34. The molecule has 1 amide bonds. The average molecular weight is 968 g/mol. The molecule has 0 aromatic heterocycles. The van der Waals surface area contributed by atoms with Crippen LogP contribution >= 0.6 is 0 Å². The van der Waals surface area contributed by atoms with Crippen LogP contribution in [0.15, 0.2) is 59.8 Å². The minimum Gasteiger partial charge on any atom is -0.460 e. The molecule has 0 aromatic rings. The molecule has 0 spiro atoms. The molecule has 3 fully saturated rings. The predicted octanol–water partition coefficient (Wildman–Crippen LogP) is 7.18. The van der Waals surface area contributed by atoms with Crippen molar-refractivity contribution in [1.82, 2.24) is 4.90 Å². The summed E-state index contributed by atoms with van der Waals surface area (Å²) in [5, 5.41) is 33.7. The Balaban J connectivity index is 1.83. The van der Waals surface area contributed by atoms with Crippen LogP contribution in [0.1, 0.15) is 142 Å². The standard InChI is InChI=1S/C54H85NO13/c1-33-17-13-12-14-18-34(2)46(63-9)31-42-22-20-39(7)54(62,68-42)51(59)52(60)55-24-16-15-19-43(55)53(61)67-47(37(5)29-41-21-23-45(66-26-25-56)48(30-41)64-10)32-44(57)36(4)28-38(6)49(58)50(65-11)40(8)35(3)27-33/h12-14,17-18,28,33,35-37,39,41-43,45-50,56,58,62H,8,15-16,19-27,29-32H2,1-7,9-11H3/b14-12+,17-13+,34-18+,38-28+/t33-,35-,36-,37-,39-,41+,42+,43+,45-,46+,47+,48-,49-,50+,54-/m1/s1/i4D3,9D3,20D2,25D2,26D2. The van der Waals surface area contributed by atoms with Gasteiger partial charge in [0, 0.05) is 59.3 Å². The second-order valence-corrected chi connectivity index (χ2v) is 19.3. The Kier molecular flexibility index (Phi) is 16.6. The van der Waals surface area contributed by atoms with Gasteiger partial charge in [-0.25, -0.2) is 4.79 Å². The highest BCUT2D eigenvalue weighted by atomic mass is 16.6. The Morgan fingerprint density at radius 3 is 2.44 bits per heavy atom. The van der Waals surface area contributed by atoms with Crippen molar-refractivity contribution in [2.45, 2.75) is 180 Å². The molecule has 14 nitrogen and oxygen atoms in total. The van der Waals surface area contributed by atoms with Crippen LogP contribution in [-0.2, 0) is 47.6 Å². The highest BCUT2D eigenvalue weighted by molar-refractivity contribution is 6.39. The van der Waals surface area contributed by atoms with Crippen LogP contribution in [-0.4, -0.2) is 139 Å². The molecule has 1 aliphatic carbocycles. The summed E-state index contributed by atoms with van der Waals surface area (Å²) in [6, 6.07) is -1.50. The number of nitrogens with zero attached hydrogens (tertiary/aromatic N) is 1. The fourth-order valence-corrected chi connectivity index (χ4v) is 9.84. The van der Waals surface area contributed by atoms with Crippen molar-refractivity contribution in [3.05, 3.63) is 59.8 Å². The van der Waals surface area contributed by atoms with Gasteiger partial charge in [-0.1, -0.05) is 77.6 Å². The molecular formula is C54H85NO13. The Morgan fingerprint density at radius 2 is 1.75 bits per heavy atom. The Labute approximate surface area is 423 Å². The van der Waals surface area contributed by atoms with Gasteiger partial charge in [0.15, 0.2) is 0 Å². The van der Waals surface area contributed by atoms with E-state index in [0.29, 0.717) is 30.4 Å². The van der Waals surface area contributed by atoms with E-state index in [9.17, 15) is 34.5 Å². The molecule has 15 atom stereocenters. The summed E-state index contributed by atoms with van der Waals surface area (Å²) >= 11 is 0. The topological polar surface area (TPSA) is 188 Å². The van der Waals surface area contributed by atoms with Gasteiger partial charge in [0.1, 0.15) is 30.1 Å². The summed E-state index contributed by atoms with van der Waals surface area (Å²) in [7, 11) is -0.227. The van der Waals surface area contributed by atoms with Crippen molar-refractivity contribution in [2.75, 3.05) is 40.9 Å². The first-order valence-corrected chi connectivity index (χ1v) is 24.0. The average Bonchev–Trinajstić information content (AvgIpc) is 3.34. The summed E-state index contributed by atoms with van der Waals surface area (Å²) < 4.78 is 133. The van der Waals surface area contributed by atoms with Crippen LogP contribution in [0.4, 0.5) is 0 Å². The minimum absolute atomic E-state index is 0.0603. The molecule has 2 bridgehead atoms. The number of methoxy groups -OCH3 is 3. The normalized spacial score (nSPS) is 43.3. The molecule has 0 aromatic carbocycles. The van der Waals surface area contributed by atoms with Crippen molar-refractivity contribution < 1.29 is 79.4 Å². The molecule has 3 N–H and O–H groups in total. The van der Waals surface area contributed by atoms with Gasteiger partial charge < -0.3 is 48.6 Å². The zero-order valence-corrected chi connectivity index (χ0v) is 41.1. The number of aliphatic hydroxyl groups is 3. The third-order valence-corrected chi connectivity index (χ3v) is 14.2. The lowest BCUT2D eigenvalue weighted by atomic mass is 9.78. The lowest BCUT2D eigenvalue weighted by Crippen LogP contribution is -2.61. The molecule has 4 rings (SSSR count). The number of aliphatic hydroxyl groups excluding tert-OH is 1. The number of piperidine rings is 1. The van der Waals surface area contributed by atoms with Gasteiger partial charge in [-0.3, -0.25) is 14.4 Å². The largest absolute Gasteiger partial charge is 0.460 e. The van der Waals surface area contributed by atoms with E-state index in [4.69, 9.17) is 44.9 Å². The first-order valence-electron chi connectivity index (χ1n) is 30.0. The molecule has 3 aliphatic heterocycles. The summed E-state index contributed by atoms with van der Waals surface area (Å²) in [6.07, 6.45) is -0.451. The van der Waals surface area contributed by atoms with Gasteiger partial charge in [-0.2, -0.15) is 0 Å². The van der Waals surface area contributed by atoms with Crippen molar-refractivity contribution in [3.8, 4) is 0 Å².